The van der Waals surface area contributed by atoms with E-state index in [2.05, 4.69) is 149 Å². The van der Waals surface area contributed by atoms with Crippen molar-refractivity contribution in [3.8, 4) is 0 Å². The van der Waals surface area contributed by atoms with Crippen LogP contribution in [0.15, 0.2) is 107 Å². The number of hydrogen-bond acceptors (Lipinski definition) is 6. The molecular weight excluding hydrogens is 937 g/mol. The van der Waals surface area contributed by atoms with Crippen LogP contribution in [0.4, 0.5) is 0 Å². The number of aliphatic hydroxyl groups excluding tert-OH is 2. The van der Waals surface area contributed by atoms with E-state index in [1.54, 1.807) is 0 Å². The van der Waals surface area contributed by atoms with Crippen molar-refractivity contribution in [1.29, 1.82) is 0 Å². The summed E-state index contributed by atoms with van der Waals surface area (Å²) >= 11 is 8.04. The molecule has 0 saturated heterocycles. The van der Waals surface area contributed by atoms with Crippen LogP contribution in [-0.4, -0.2) is 64.5 Å². The zero-order valence-electron chi connectivity index (χ0n) is 39.1. The first-order chi connectivity index (χ1) is 29.1. The third-order valence-corrected chi connectivity index (χ3v) is 26.7. The van der Waals surface area contributed by atoms with Crippen LogP contribution in [0.5, 0.6) is 0 Å². The molecule has 0 bridgehead atoms. The molecule has 4 aliphatic carbocycles. The topological polar surface area (TPSA) is 77.4 Å². The van der Waals surface area contributed by atoms with Gasteiger partial charge in [-0.25, -0.2) is 0 Å². The molecule has 0 amide bonds. The zero-order valence-corrected chi connectivity index (χ0v) is 44.3. The maximum Gasteiger partial charge on any atom is 0.192 e. The molecule has 2 saturated carbocycles. The molecule has 0 aliphatic heterocycles. The maximum atomic E-state index is 12.8. The van der Waals surface area contributed by atoms with Crippen LogP contribution in [-0.2, 0) is 31.5 Å². The molecule has 0 heterocycles. The first-order valence-electron chi connectivity index (χ1n) is 23.1. The molecule has 10 heteroatoms. The Morgan fingerprint density at radius 1 is 0.597 bits per heavy atom. The Kier molecular flexibility index (Phi) is 16.3. The Morgan fingerprint density at radius 3 is 1.24 bits per heavy atom. The highest BCUT2D eigenvalue weighted by Crippen LogP contribution is 2.58. The normalized spacial score (nSPS) is 34.0. The molecule has 0 aromatic heterocycles. The Labute approximate surface area is 393 Å². The summed E-state index contributed by atoms with van der Waals surface area (Å²) in [6.45, 7) is 33.9. The highest BCUT2D eigenvalue weighted by atomic mass is 79.9. The van der Waals surface area contributed by atoms with E-state index in [0.29, 0.717) is 39.3 Å². The monoisotopic (exact) mass is 1010 g/mol. The molecule has 14 atom stereocenters. The second kappa shape index (κ2) is 20.2. The lowest BCUT2D eigenvalue weighted by molar-refractivity contribution is 0.00682. The molecule has 2 aromatic carbocycles. The lowest BCUT2D eigenvalue weighted by Gasteiger charge is -2.43. The van der Waals surface area contributed by atoms with E-state index in [1.807, 2.05) is 48.6 Å². The Balaban J connectivity index is 1.29. The van der Waals surface area contributed by atoms with Gasteiger partial charge in [0.15, 0.2) is 16.6 Å². The first-order valence-corrected chi connectivity index (χ1v) is 30.5. The predicted molar refractivity (Wildman–Crippen MR) is 267 cm³/mol. The fourth-order valence-corrected chi connectivity index (χ4v) is 14.7. The first kappa shape index (κ1) is 50.0. The molecule has 2 aromatic rings. The van der Waals surface area contributed by atoms with Gasteiger partial charge in [-0.05, 0) is 81.0 Å². The number of hydrogen-bond donors (Lipinski definition) is 2. The fraction of sp³-hybridized carbons (Fsp3) is 0.615. The number of halogens is 2. The van der Waals surface area contributed by atoms with Gasteiger partial charge >= 0.3 is 0 Å². The highest BCUT2D eigenvalue weighted by Gasteiger charge is 2.60. The van der Waals surface area contributed by atoms with Crippen molar-refractivity contribution >= 4 is 48.5 Å². The number of rotatable bonds is 17. The maximum absolute atomic E-state index is 12.8. The van der Waals surface area contributed by atoms with E-state index < -0.39 is 28.8 Å². The largest absolute Gasteiger partial charge is 0.413 e. The van der Waals surface area contributed by atoms with Crippen LogP contribution in [0.1, 0.15) is 65.5 Å². The van der Waals surface area contributed by atoms with Crippen molar-refractivity contribution in [2.24, 2.45) is 59.2 Å². The predicted octanol–water partition coefficient (Wildman–Crippen LogP) is 12.8. The Hall–Kier alpha value is -1.45. The standard InChI is InChI=1S/C52H76Br2O6Si2/c1-13-35-41(31-57-29-33-21-17-15-18-22-33)43(53)27-39-45(35)47(55)37(49(39)59-61(9,10)51(3,4)5)25-26-38-48(56)46-36(14-2)42(32-58-30-34-23-19-16-20-24-34)44(54)28-40(46)50(38)60-62(11,12)52(6,7)8/h13-24,27-28,35-42,45-50,55-56H,1-2,25-26,29-32H2,3-12H3/t35-,36-,37+,38+,39-,40-,41-,42-,45+,46+,47+,48+,49-,50-/m0/s1. The van der Waals surface area contributed by atoms with Gasteiger partial charge in [-0.3, -0.25) is 0 Å². The van der Waals surface area contributed by atoms with Crippen LogP contribution in [0.25, 0.3) is 0 Å². The number of allylic oxidation sites excluding steroid dienone is 2. The third-order valence-electron chi connectivity index (χ3n) is 16.1. The quantitative estimate of drug-likeness (QED) is 0.121. The highest BCUT2D eigenvalue weighted by molar-refractivity contribution is 9.12. The summed E-state index contributed by atoms with van der Waals surface area (Å²) in [6, 6.07) is 20.6. The van der Waals surface area contributed by atoms with Crippen LogP contribution >= 0.6 is 31.9 Å². The second-order valence-electron chi connectivity index (χ2n) is 21.8. The van der Waals surface area contributed by atoms with Crippen LogP contribution in [0.3, 0.4) is 0 Å². The molecule has 342 valence electrons. The average molecular weight is 1010 g/mol. The lowest BCUT2D eigenvalue weighted by atomic mass is 9.71. The molecule has 0 spiro atoms. The van der Waals surface area contributed by atoms with E-state index in [4.69, 9.17) is 18.3 Å². The summed E-state index contributed by atoms with van der Waals surface area (Å²) in [4.78, 5) is 0. The van der Waals surface area contributed by atoms with Crippen molar-refractivity contribution in [1.82, 2.24) is 0 Å². The molecule has 4 aliphatic rings. The van der Waals surface area contributed by atoms with Crippen molar-refractivity contribution < 1.29 is 28.5 Å². The molecule has 0 radical (unpaired) electrons. The lowest BCUT2D eigenvalue weighted by Crippen LogP contribution is -2.48. The molecule has 2 N–H and O–H groups in total. The smallest absolute Gasteiger partial charge is 0.192 e. The van der Waals surface area contributed by atoms with Gasteiger partial charge in [0.1, 0.15) is 0 Å². The minimum Gasteiger partial charge on any atom is -0.413 e. The summed E-state index contributed by atoms with van der Waals surface area (Å²) in [5, 5.41) is 25.5. The van der Waals surface area contributed by atoms with E-state index in [9.17, 15) is 10.2 Å². The Bertz CT molecular complexity index is 1740. The average Bonchev–Trinajstić information content (AvgIpc) is 3.60. The van der Waals surface area contributed by atoms with Gasteiger partial charge in [-0.15, -0.1) is 13.2 Å². The molecular formula is C52H76Br2O6Si2. The summed E-state index contributed by atoms with van der Waals surface area (Å²) in [6.07, 6.45) is 8.59. The van der Waals surface area contributed by atoms with E-state index in [1.165, 1.54) is 0 Å². The van der Waals surface area contributed by atoms with Crippen molar-refractivity contribution in [2.75, 3.05) is 13.2 Å². The van der Waals surface area contributed by atoms with Crippen molar-refractivity contribution in [3.63, 3.8) is 0 Å². The second-order valence-corrected chi connectivity index (χ2v) is 33.2. The molecule has 62 heavy (non-hydrogen) atoms. The summed E-state index contributed by atoms with van der Waals surface area (Å²) in [5.41, 5.74) is 2.28. The van der Waals surface area contributed by atoms with Gasteiger partial charge in [0.25, 0.3) is 0 Å². The fourth-order valence-electron chi connectivity index (χ4n) is 10.5. The van der Waals surface area contributed by atoms with Crippen molar-refractivity contribution in [3.05, 3.63) is 118 Å². The van der Waals surface area contributed by atoms with Gasteiger partial charge in [-0.1, -0.05) is 158 Å². The van der Waals surface area contributed by atoms with Crippen LogP contribution < -0.4 is 0 Å². The van der Waals surface area contributed by atoms with E-state index in [0.717, 1.165) is 20.1 Å². The number of benzene rings is 2. The van der Waals surface area contributed by atoms with E-state index in [-0.39, 0.29) is 81.5 Å². The van der Waals surface area contributed by atoms with Gasteiger partial charge in [0.2, 0.25) is 0 Å². The van der Waals surface area contributed by atoms with E-state index >= 15 is 0 Å². The summed E-state index contributed by atoms with van der Waals surface area (Å²) in [5.74, 6) is -0.362. The summed E-state index contributed by atoms with van der Waals surface area (Å²) in [7, 11) is -4.57. The van der Waals surface area contributed by atoms with Gasteiger partial charge in [0, 0.05) is 47.3 Å². The zero-order chi connectivity index (χ0) is 45.4. The molecule has 0 unspecified atom stereocenters. The SMILES string of the molecule is C=C[C@@H]1[C@H]2[C@H](O)[C@@H](CC[C@@H]3[C@@H](O)[C@H]4[C@H](C=C(Br)[C@@H](COCc5ccccc5)[C@@H]4C=C)[C@H]3O[Si](C)(C)C(C)(C)C)[C@H](O[Si](C)(C)C(C)(C)C)[C@H]2C=C(Br)[C@H]1COCc1ccccc1. The molecule has 6 nitrogen and oxygen atoms in total. The summed E-state index contributed by atoms with van der Waals surface area (Å²) < 4.78 is 29.9. The minimum atomic E-state index is -2.29. The van der Waals surface area contributed by atoms with Crippen LogP contribution in [0.2, 0.25) is 36.3 Å². The number of fused-ring (bicyclic) bond motifs is 2. The van der Waals surface area contributed by atoms with Gasteiger partial charge < -0.3 is 28.5 Å². The third kappa shape index (κ3) is 10.6. The number of aliphatic hydroxyl groups is 2. The number of ether oxygens (including phenoxy) is 2. The molecule has 6 rings (SSSR count). The molecule has 2 fully saturated rings. The van der Waals surface area contributed by atoms with Gasteiger partial charge in [0.05, 0.1) is 50.8 Å². The Morgan fingerprint density at radius 2 is 0.935 bits per heavy atom. The minimum absolute atomic E-state index is 0.00270. The van der Waals surface area contributed by atoms with Crippen molar-refractivity contribution in [2.45, 2.75) is 128 Å². The van der Waals surface area contributed by atoms with Crippen LogP contribution in [0, 0.1) is 59.2 Å². The van der Waals surface area contributed by atoms with Gasteiger partial charge in [-0.2, -0.15) is 0 Å².